The van der Waals surface area contributed by atoms with Gasteiger partial charge in [0.2, 0.25) is 23.6 Å². The van der Waals surface area contributed by atoms with Gasteiger partial charge in [0.25, 0.3) is 0 Å². The molecule has 2 fully saturated rings. The molecule has 0 aliphatic carbocycles. The third-order valence-corrected chi connectivity index (χ3v) is 6.49. The normalized spacial score (nSPS) is 23.2. The first-order valence-corrected chi connectivity index (χ1v) is 12.4. The molecule has 1 atom stereocenters. The highest BCUT2D eigenvalue weighted by molar-refractivity contribution is 6.30. The Morgan fingerprint density at radius 2 is 1.83 bits per heavy atom. The highest BCUT2D eigenvalue weighted by atomic mass is 35.5. The smallest absolute Gasteiger partial charge is 0.246 e. The monoisotopic (exact) mass is 523 g/mol. The van der Waals surface area contributed by atoms with E-state index in [0.717, 1.165) is 5.56 Å². The Morgan fingerprint density at radius 1 is 1.08 bits per heavy atom. The van der Waals surface area contributed by atoms with Crippen LogP contribution in [0.2, 0.25) is 5.02 Å². The van der Waals surface area contributed by atoms with Crippen LogP contribution in [0.15, 0.2) is 24.3 Å². The van der Waals surface area contributed by atoms with Gasteiger partial charge >= 0.3 is 0 Å². The zero-order chi connectivity index (χ0) is 26.0. The lowest BCUT2D eigenvalue weighted by atomic mass is 9.83. The molecule has 3 rings (SSSR count). The van der Waals surface area contributed by atoms with E-state index in [2.05, 4.69) is 20.9 Å². The molecule has 0 saturated carbocycles. The van der Waals surface area contributed by atoms with Crippen LogP contribution >= 0.6 is 11.6 Å². The minimum absolute atomic E-state index is 0.0573. The highest BCUT2D eigenvalue weighted by Gasteiger charge is 2.38. The number of likely N-dealkylation sites (tertiary alicyclic amines) is 1. The molecule has 0 aromatic heterocycles. The first-order valence-electron chi connectivity index (χ1n) is 12.0. The number of ether oxygens (including phenoxy) is 2. The molecule has 1 spiro atoms. The van der Waals surface area contributed by atoms with Gasteiger partial charge in [0.15, 0.2) is 0 Å². The molecule has 1 aromatic carbocycles. The van der Waals surface area contributed by atoms with E-state index in [0.29, 0.717) is 37.5 Å². The topological polar surface area (TPSA) is 152 Å². The number of nitrogens with two attached hydrogens (primary N) is 1. The zero-order valence-electron chi connectivity index (χ0n) is 20.2. The summed E-state index contributed by atoms with van der Waals surface area (Å²) in [5.41, 5.74) is 5.67. The third kappa shape index (κ3) is 9.05. The molecule has 36 heavy (non-hydrogen) atoms. The van der Waals surface area contributed by atoms with Gasteiger partial charge in [-0.15, -0.1) is 0 Å². The van der Waals surface area contributed by atoms with Crippen LogP contribution < -0.4 is 21.7 Å². The number of nitrogens with one attached hydrogen (secondary N) is 3. The molecule has 1 aromatic rings. The van der Waals surface area contributed by atoms with Gasteiger partial charge in [-0.25, -0.2) is 0 Å². The lowest BCUT2D eigenvalue weighted by molar-refractivity contribution is -0.132. The minimum atomic E-state index is -1.16. The standard InChI is InChI=1S/C24H34ClN5O6/c25-18-3-1-2-17(12-18)15-30-7-4-24(5-8-30)14-21(32)28-19(23(26)34)13-20(31)27-6-9-35-10-11-36-16-22(33)29-24/h1-3,12,19H,4-11,13-16H2,(H2,26,34)(H,27,31)(H,28,32)(H,29,33)/t19-/m0/s1. The van der Waals surface area contributed by atoms with Crippen LogP contribution in [0.1, 0.15) is 31.2 Å². The van der Waals surface area contributed by atoms with Crippen LogP contribution in [0.5, 0.6) is 0 Å². The van der Waals surface area contributed by atoms with E-state index in [4.69, 9.17) is 26.8 Å². The number of hydrogen-bond acceptors (Lipinski definition) is 7. The maximum atomic E-state index is 13.0. The zero-order valence-corrected chi connectivity index (χ0v) is 21.0. The highest BCUT2D eigenvalue weighted by Crippen LogP contribution is 2.27. The van der Waals surface area contributed by atoms with Crippen molar-refractivity contribution in [2.45, 2.75) is 43.8 Å². The Balaban J connectivity index is 1.69. The average molecular weight is 524 g/mol. The minimum Gasteiger partial charge on any atom is -0.377 e. The largest absolute Gasteiger partial charge is 0.377 e. The number of carbonyl (C=O) groups is 4. The molecule has 2 saturated heterocycles. The summed E-state index contributed by atoms with van der Waals surface area (Å²) >= 11 is 6.10. The van der Waals surface area contributed by atoms with E-state index < -0.39 is 29.3 Å². The molecule has 5 N–H and O–H groups in total. The van der Waals surface area contributed by atoms with Crippen molar-refractivity contribution in [1.82, 2.24) is 20.9 Å². The number of amides is 4. The second kappa shape index (κ2) is 13.5. The van der Waals surface area contributed by atoms with Gasteiger partial charge in [-0.2, -0.15) is 0 Å². The fourth-order valence-electron chi connectivity index (χ4n) is 4.39. The summed E-state index contributed by atoms with van der Waals surface area (Å²) in [5.74, 6) is -2.04. The van der Waals surface area contributed by atoms with E-state index in [9.17, 15) is 19.2 Å². The lowest BCUT2D eigenvalue weighted by Crippen LogP contribution is -2.58. The molecule has 2 aliphatic heterocycles. The fraction of sp³-hybridized carbons (Fsp3) is 0.583. The maximum Gasteiger partial charge on any atom is 0.246 e. The van der Waals surface area contributed by atoms with Gasteiger partial charge in [-0.05, 0) is 30.5 Å². The summed E-state index contributed by atoms with van der Waals surface area (Å²) in [4.78, 5) is 51.9. The number of halogens is 1. The van der Waals surface area contributed by atoms with E-state index in [1.54, 1.807) is 0 Å². The summed E-state index contributed by atoms with van der Waals surface area (Å²) in [6, 6.07) is 6.48. The summed E-state index contributed by atoms with van der Waals surface area (Å²) in [7, 11) is 0. The molecule has 12 heteroatoms. The predicted octanol–water partition coefficient (Wildman–Crippen LogP) is -0.296. The van der Waals surface area contributed by atoms with E-state index in [1.165, 1.54) is 0 Å². The SMILES string of the molecule is NC(=O)[C@@H]1CC(=O)NCCOCCOCC(=O)NC2(CCN(Cc3cccc(Cl)c3)CC2)CC(=O)N1. The van der Waals surface area contributed by atoms with Crippen LogP contribution in [-0.4, -0.2) is 86.2 Å². The van der Waals surface area contributed by atoms with Crippen molar-refractivity contribution in [2.75, 3.05) is 46.1 Å². The number of carbonyl (C=O) groups excluding carboxylic acids is 4. The predicted molar refractivity (Wildman–Crippen MR) is 132 cm³/mol. The lowest BCUT2D eigenvalue weighted by Gasteiger charge is -2.42. The first-order chi connectivity index (χ1) is 17.2. The van der Waals surface area contributed by atoms with Gasteiger partial charge in [-0.1, -0.05) is 23.7 Å². The van der Waals surface area contributed by atoms with Crippen molar-refractivity contribution in [3.63, 3.8) is 0 Å². The van der Waals surface area contributed by atoms with Crippen molar-refractivity contribution < 1.29 is 28.7 Å². The van der Waals surface area contributed by atoms with Crippen LogP contribution in [-0.2, 0) is 35.2 Å². The summed E-state index contributed by atoms with van der Waals surface area (Å²) < 4.78 is 10.8. The average Bonchev–Trinajstić information content (AvgIpc) is 2.81. The van der Waals surface area contributed by atoms with Crippen LogP contribution in [0.3, 0.4) is 0 Å². The molecule has 2 heterocycles. The summed E-state index contributed by atoms with van der Waals surface area (Å²) in [6.07, 6.45) is 0.685. The van der Waals surface area contributed by atoms with E-state index in [1.807, 2.05) is 24.3 Å². The van der Waals surface area contributed by atoms with Crippen molar-refractivity contribution >= 4 is 35.2 Å². The van der Waals surface area contributed by atoms with Crippen molar-refractivity contribution in [3.05, 3.63) is 34.9 Å². The Hall–Kier alpha value is -2.73. The summed E-state index contributed by atoms with van der Waals surface area (Å²) in [6.45, 7) is 2.74. The molecule has 0 bridgehead atoms. The maximum absolute atomic E-state index is 13.0. The van der Waals surface area contributed by atoms with Gasteiger partial charge < -0.3 is 31.2 Å². The Kier molecular flexibility index (Phi) is 10.5. The van der Waals surface area contributed by atoms with Crippen molar-refractivity contribution in [2.24, 2.45) is 5.73 Å². The molecule has 0 unspecified atom stereocenters. The molecule has 198 valence electrons. The molecule has 0 radical (unpaired) electrons. The first kappa shape index (κ1) is 27.9. The number of benzene rings is 1. The number of primary amides is 1. The van der Waals surface area contributed by atoms with Gasteiger partial charge in [0.05, 0.1) is 31.8 Å². The van der Waals surface area contributed by atoms with Gasteiger partial charge in [0.1, 0.15) is 12.6 Å². The second-order valence-electron chi connectivity index (χ2n) is 9.15. The molecular formula is C24H34ClN5O6. The second-order valence-corrected chi connectivity index (χ2v) is 9.59. The van der Waals surface area contributed by atoms with Gasteiger partial charge in [0, 0.05) is 37.6 Å². The fourth-order valence-corrected chi connectivity index (χ4v) is 4.60. The molecule has 4 amide bonds. The van der Waals surface area contributed by atoms with E-state index >= 15 is 0 Å². The quantitative estimate of drug-likeness (QED) is 0.424. The number of piperidine rings is 1. The van der Waals surface area contributed by atoms with Crippen molar-refractivity contribution in [1.29, 1.82) is 0 Å². The van der Waals surface area contributed by atoms with Crippen LogP contribution in [0.25, 0.3) is 0 Å². The Bertz CT molecular complexity index is 937. The van der Waals surface area contributed by atoms with Crippen LogP contribution in [0.4, 0.5) is 0 Å². The molecular weight excluding hydrogens is 490 g/mol. The summed E-state index contributed by atoms with van der Waals surface area (Å²) in [5, 5.41) is 8.86. The number of nitrogens with zero attached hydrogens (tertiary/aromatic N) is 1. The molecule has 11 nitrogen and oxygen atoms in total. The Morgan fingerprint density at radius 3 is 2.56 bits per heavy atom. The van der Waals surface area contributed by atoms with Crippen LogP contribution in [0, 0.1) is 0 Å². The number of hydrogen-bond donors (Lipinski definition) is 4. The number of rotatable bonds is 3. The van der Waals surface area contributed by atoms with Crippen molar-refractivity contribution in [3.8, 4) is 0 Å². The Labute approximate surface area is 215 Å². The third-order valence-electron chi connectivity index (χ3n) is 6.25. The van der Waals surface area contributed by atoms with Gasteiger partial charge in [-0.3, -0.25) is 24.1 Å². The molecule has 2 aliphatic rings. The van der Waals surface area contributed by atoms with E-state index in [-0.39, 0.29) is 51.7 Å².